The van der Waals surface area contributed by atoms with Crippen molar-refractivity contribution in [1.82, 2.24) is 24.8 Å². The van der Waals surface area contributed by atoms with Gasteiger partial charge in [-0.3, -0.25) is 0 Å². The number of nitrogens with zero attached hydrogens (tertiary/aromatic N) is 4. The molecule has 1 aliphatic rings. The molecule has 1 fully saturated rings. The van der Waals surface area contributed by atoms with Gasteiger partial charge >= 0.3 is 6.09 Å². The number of H-pyrrole nitrogens is 1. The van der Waals surface area contributed by atoms with Gasteiger partial charge in [0.2, 0.25) is 0 Å². The minimum absolute atomic E-state index is 0.0926. The molecule has 0 spiro atoms. The number of piperidine rings is 1. The number of amides is 1. The summed E-state index contributed by atoms with van der Waals surface area (Å²) in [7, 11) is 0. The van der Waals surface area contributed by atoms with E-state index in [-0.39, 0.29) is 18.0 Å². The Morgan fingerprint density at radius 2 is 2.31 bits per heavy atom. The lowest BCUT2D eigenvalue weighted by Gasteiger charge is -2.32. The molecule has 0 aliphatic carbocycles. The van der Waals surface area contributed by atoms with Crippen LogP contribution in [0.1, 0.15) is 19.8 Å². The number of nitrogens with one attached hydrogen (secondary N) is 2. The molecule has 8 nitrogen and oxygen atoms in total. The summed E-state index contributed by atoms with van der Waals surface area (Å²) in [5, 5.41) is 4.35. The molecule has 152 valence electrons. The fourth-order valence-corrected chi connectivity index (χ4v) is 3.59. The third kappa shape index (κ3) is 4.09. The molecule has 1 unspecified atom stereocenters. The molecular formula is C19H20ClFN6O2. The SMILES string of the molecule is CCOC(=O)N1CCCC(Nc2nc(-c3c[nH]c4ncc(Cl)cc34)ncc2F)C1. The first kappa shape index (κ1) is 19.4. The number of aromatic nitrogens is 4. The highest BCUT2D eigenvalue weighted by molar-refractivity contribution is 6.31. The lowest BCUT2D eigenvalue weighted by molar-refractivity contribution is 0.0975. The predicted molar refractivity (Wildman–Crippen MR) is 107 cm³/mol. The minimum Gasteiger partial charge on any atom is -0.450 e. The Morgan fingerprint density at radius 3 is 3.14 bits per heavy atom. The summed E-state index contributed by atoms with van der Waals surface area (Å²) in [4.78, 5) is 29.4. The van der Waals surface area contributed by atoms with E-state index in [2.05, 4.69) is 25.3 Å². The van der Waals surface area contributed by atoms with Crippen molar-refractivity contribution in [2.45, 2.75) is 25.8 Å². The number of ether oxygens (including phenoxy) is 1. The first-order valence-electron chi connectivity index (χ1n) is 9.39. The van der Waals surface area contributed by atoms with Gasteiger partial charge in [-0.05, 0) is 25.8 Å². The highest BCUT2D eigenvalue weighted by Crippen LogP contribution is 2.28. The number of halogens is 2. The number of likely N-dealkylation sites (tertiary alicyclic amines) is 1. The van der Waals surface area contributed by atoms with Crippen LogP contribution in [0.3, 0.4) is 0 Å². The van der Waals surface area contributed by atoms with Crippen molar-refractivity contribution in [3.8, 4) is 11.4 Å². The van der Waals surface area contributed by atoms with E-state index >= 15 is 0 Å². The zero-order chi connectivity index (χ0) is 20.4. The van der Waals surface area contributed by atoms with Crippen molar-refractivity contribution in [2.75, 3.05) is 25.0 Å². The van der Waals surface area contributed by atoms with Crippen LogP contribution in [0.25, 0.3) is 22.4 Å². The molecule has 2 N–H and O–H groups in total. The van der Waals surface area contributed by atoms with E-state index in [9.17, 15) is 9.18 Å². The predicted octanol–water partition coefficient (Wildman–Crippen LogP) is 3.85. The quantitative estimate of drug-likeness (QED) is 0.668. The van der Waals surface area contributed by atoms with Crippen molar-refractivity contribution in [1.29, 1.82) is 0 Å². The molecule has 1 saturated heterocycles. The van der Waals surface area contributed by atoms with Crippen molar-refractivity contribution in [3.05, 3.63) is 35.5 Å². The largest absolute Gasteiger partial charge is 0.450 e. The van der Waals surface area contributed by atoms with E-state index in [1.54, 1.807) is 30.3 Å². The fraction of sp³-hybridized carbons (Fsp3) is 0.368. The number of hydrogen-bond donors (Lipinski definition) is 2. The molecule has 3 aromatic rings. The Hall–Kier alpha value is -2.94. The van der Waals surface area contributed by atoms with Crippen LogP contribution in [0, 0.1) is 5.82 Å². The Labute approximate surface area is 171 Å². The second-order valence-electron chi connectivity index (χ2n) is 6.77. The average Bonchev–Trinajstić information content (AvgIpc) is 3.13. The van der Waals surface area contributed by atoms with Crippen LogP contribution in [-0.2, 0) is 4.74 Å². The third-order valence-electron chi connectivity index (χ3n) is 4.77. The second-order valence-corrected chi connectivity index (χ2v) is 7.21. The van der Waals surface area contributed by atoms with Gasteiger partial charge in [-0.1, -0.05) is 11.6 Å². The molecule has 4 rings (SSSR count). The van der Waals surface area contributed by atoms with Crippen molar-refractivity contribution < 1.29 is 13.9 Å². The summed E-state index contributed by atoms with van der Waals surface area (Å²) < 4.78 is 19.4. The van der Waals surface area contributed by atoms with Crippen molar-refractivity contribution in [2.24, 2.45) is 0 Å². The van der Waals surface area contributed by atoms with Gasteiger partial charge in [0, 0.05) is 42.5 Å². The molecule has 1 atom stereocenters. The monoisotopic (exact) mass is 418 g/mol. The molecule has 0 bridgehead atoms. The zero-order valence-electron chi connectivity index (χ0n) is 15.8. The van der Waals surface area contributed by atoms with Crippen LogP contribution >= 0.6 is 11.6 Å². The van der Waals surface area contributed by atoms with Crippen LogP contribution in [0.2, 0.25) is 5.02 Å². The smallest absolute Gasteiger partial charge is 0.409 e. The van der Waals surface area contributed by atoms with Gasteiger partial charge in [0.15, 0.2) is 17.5 Å². The van der Waals surface area contributed by atoms with Gasteiger partial charge in [-0.15, -0.1) is 0 Å². The number of carbonyl (C=O) groups excluding carboxylic acids is 1. The first-order valence-corrected chi connectivity index (χ1v) is 9.76. The maximum atomic E-state index is 14.4. The van der Waals surface area contributed by atoms with E-state index in [1.807, 2.05) is 0 Å². The molecule has 29 heavy (non-hydrogen) atoms. The van der Waals surface area contributed by atoms with Crippen molar-refractivity contribution in [3.63, 3.8) is 0 Å². The van der Waals surface area contributed by atoms with Crippen LogP contribution in [-0.4, -0.2) is 56.7 Å². The number of aromatic amines is 1. The van der Waals surface area contributed by atoms with E-state index in [1.165, 1.54) is 0 Å². The highest BCUT2D eigenvalue weighted by Gasteiger charge is 2.25. The maximum absolute atomic E-state index is 14.4. The standard InChI is InChI=1S/C19H20ClFN6O2/c1-2-29-19(28)27-5-3-4-12(10-27)25-18-15(21)9-24-17(26-18)14-8-23-16-13(14)6-11(20)7-22-16/h6-9,12H,2-5,10H2,1H3,(H,22,23)(H,24,25,26). The summed E-state index contributed by atoms with van der Waals surface area (Å²) in [6.45, 7) is 3.13. The van der Waals surface area contributed by atoms with E-state index in [0.717, 1.165) is 24.4 Å². The summed E-state index contributed by atoms with van der Waals surface area (Å²) >= 11 is 6.05. The van der Waals surface area contributed by atoms with Crippen LogP contribution < -0.4 is 5.32 Å². The minimum atomic E-state index is -0.557. The maximum Gasteiger partial charge on any atom is 0.409 e. The first-order chi connectivity index (χ1) is 14.0. The molecular weight excluding hydrogens is 399 g/mol. The van der Waals surface area contributed by atoms with Gasteiger partial charge in [0.1, 0.15) is 5.65 Å². The van der Waals surface area contributed by atoms with Crippen molar-refractivity contribution >= 4 is 34.5 Å². The van der Waals surface area contributed by atoms with E-state index in [4.69, 9.17) is 16.3 Å². The topological polar surface area (TPSA) is 96.0 Å². The fourth-order valence-electron chi connectivity index (χ4n) is 3.43. The molecule has 0 radical (unpaired) electrons. The summed E-state index contributed by atoms with van der Waals surface area (Å²) in [5.74, 6) is -0.115. The number of rotatable bonds is 4. The van der Waals surface area contributed by atoms with Crippen LogP contribution in [0.4, 0.5) is 15.0 Å². The van der Waals surface area contributed by atoms with Gasteiger partial charge in [0.05, 0.1) is 17.8 Å². The normalized spacial score (nSPS) is 16.8. The van der Waals surface area contributed by atoms with Gasteiger partial charge < -0.3 is 19.9 Å². The van der Waals surface area contributed by atoms with Gasteiger partial charge in [0.25, 0.3) is 0 Å². The second kappa shape index (κ2) is 8.20. The zero-order valence-corrected chi connectivity index (χ0v) is 16.5. The number of pyridine rings is 1. The molecule has 10 heteroatoms. The highest BCUT2D eigenvalue weighted by atomic mass is 35.5. The number of hydrogen-bond acceptors (Lipinski definition) is 6. The molecule has 4 heterocycles. The molecule has 0 aromatic carbocycles. The van der Waals surface area contributed by atoms with E-state index < -0.39 is 5.82 Å². The third-order valence-corrected chi connectivity index (χ3v) is 4.98. The van der Waals surface area contributed by atoms with Crippen LogP contribution in [0.5, 0.6) is 0 Å². The average molecular weight is 419 g/mol. The van der Waals surface area contributed by atoms with E-state index in [0.29, 0.717) is 41.8 Å². The molecule has 3 aromatic heterocycles. The number of fused-ring (bicyclic) bond motifs is 1. The lowest BCUT2D eigenvalue weighted by Crippen LogP contribution is -2.45. The molecule has 1 aliphatic heterocycles. The summed E-state index contributed by atoms with van der Waals surface area (Å²) in [6, 6.07) is 1.62. The Balaban J connectivity index is 1.57. The van der Waals surface area contributed by atoms with Crippen LogP contribution in [0.15, 0.2) is 24.7 Å². The summed E-state index contributed by atoms with van der Waals surface area (Å²) in [5.41, 5.74) is 1.32. The Bertz CT molecular complexity index is 1040. The molecule has 0 saturated carbocycles. The summed E-state index contributed by atoms with van der Waals surface area (Å²) in [6.07, 6.45) is 5.62. The Kier molecular flexibility index (Phi) is 5.48. The van der Waals surface area contributed by atoms with Gasteiger partial charge in [-0.25, -0.2) is 24.1 Å². The molecule has 1 amide bonds. The lowest BCUT2D eigenvalue weighted by atomic mass is 10.1. The van der Waals surface area contributed by atoms with Gasteiger partial charge in [-0.2, -0.15) is 0 Å². The Morgan fingerprint density at radius 1 is 1.45 bits per heavy atom. The number of anilines is 1. The number of carbonyl (C=O) groups is 1.